The lowest BCUT2D eigenvalue weighted by atomic mass is 9.71. The molecule has 2 heterocycles. The normalized spacial score (nSPS) is 28.1. The van der Waals surface area contributed by atoms with Gasteiger partial charge in [0.15, 0.2) is 0 Å². The van der Waals surface area contributed by atoms with Crippen molar-refractivity contribution in [3.63, 3.8) is 0 Å². The van der Waals surface area contributed by atoms with E-state index in [1.807, 2.05) is 19.5 Å². The molecule has 1 aliphatic heterocycles. The van der Waals surface area contributed by atoms with E-state index in [0.717, 1.165) is 38.0 Å². The van der Waals surface area contributed by atoms with Crippen LogP contribution in [0.5, 0.6) is 5.75 Å². The summed E-state index contributed by atoms with van der Waals surface area (Å²) < 4.78 is 11.5. The Balaban J connectivity index is 1.58. The van der Waals surface area contributed by atoms with Crippen LogP contribution in [0.15, 0.2) is 42.7 Å². The first-order valence-electron chi connectivity index (χ1n) is 9.06. The first-order valence-corrected chi connectivity index (χ1v) is 9.06. The quantitative estimate of drug-likeness (QED) is 0.929. The number of nitrogens with zero attached hydrogens (tertiary/aromatic N) is 1. The maximum Gasteiger partial charge on any atom is 0.119 e. The van der Waals surface area contributed by atoms with E-state index >= 15 is 0 Å². The largest absolute Gasteiger partial charge is 0.497 e. The third-order valence-electron chi connectivity index (χ3n) is 5.91. The van der Waals surface area contributed by atoms with E-state index in [9.17, 15) is 0 Å². The Morgan fingerprint density at radius 2 is 2.04 bits per heavy atom. The summed E-state index contributed by atoms with van der Waals surface area (Å²) in [5.74, 6) is 0.917. The van der Waals surface area contributed by atoms with Gasteiger partial charge < -0.3 is 14.8 Å². The molecule has 1 aromatic carbocycles. The smallest absolute Gasteiger partial charge is 0.119 e. The predicted molar refractivity (Wildman–Crippen MR) is 97.8 cm³/mol. The van der Waals surface area contributed by atoms with E-state index in [4.69, 9.17) is 9.47 Å². The molecule has 25 heavy (non-hydrogen) atoms. The topological polar surface area (TPSA) is 43.4 Å². The monoisotopic (exact) mass is 338 g/mol. The van der Waals surface area contributed by atoms with Crippen molar-refractivity contribution in [1.82, 2.24) is 10.3 Å². The van der Waals surface area contributed by atoms with Crippen molar-refractivity contribution in [1.29, 1.82) is 0 Å². The molecule has 4 nitrogen and oxygen atoms in total. The Kier molecular flexibility index (Phi) is 4.48. The van der Waals surface area contributed by atoms with Gasteiger partial charge in [-0.25, -0.2) is 0 Å². The molecule has 2 aromatic rings. The first kappa shape index (κ1) is 16.6. The minimum Gasteiger partial charge on any atom is -0.497 e. The molecular formula is C21H26N2O2. The van der Waals surface area contributed by atoms with Crippen molar-refractivity contribution in [2.24, 2.45) is 5.41 Å². The molecule has 0 amide bonds. The molecule has 3 atom stereocenters. The summed E-state index contributed by atoms with van der Waals surface area (Å²) in [4.78, 5) is 4.13. The summed E-state index contributed by atoms with van der Waals surface area (Å²) in [6.07, 6.45) is 8.33. The number of benzene rings is 1. The third-order valence-corrected chi connectivity index (χ3v) is 5.91. The van der Waals surface area contributed by atoms with Gasteiger partial charge in [-0.2, -0.15) is 0 Å². The number of ether oxygens (including phenoxy) is 2. The number of pyridine rings is 1. The summed E-state index contributed by atoms with van der Waals surface area (Å²) in [5, 5.41) is 3.71. The second kappa shape index (κ2) is 6.77. The van der Waals surface area contributed by atoms with E-state index in [2.05, 4.69) is 40.6 Å². The lowest BCUT2D eigenvalue weighted by molar-refractivity contribution is -0.0290. The number of rotatable bonds is 4. The Morgan fingerprint density at radius 3 is 2.80 bits per heavy atom. The molecule has 1 aromatic heterocycles. The average molecular weight is 338 g/mol. The Hall–Kier alpha value is -1.91. The van der Waals surface area contributed by atoms with Crippen molar-refractivity contribution in [2.45, 2.75) is 37.8 Å². The second-order valence-corrected chi connectivity index (χ2v) is 7.38. The number of hydrogen-bond donors (Lipinski definition) is 1. The Bertz CT molecular complexity index is 734. The molecule has 2 aliphatic rings. The summed E-state index contributed by atoms with van der Waals surface area (Å²) in [5.41, 5.74) is 4.26. The SMILES string of the molecule is COc1ccc2c(c1)C(OC)C1(CCNC(Cc3ccncc3)C1)C2. The first-order chi connectivity index (χ1) is 12.2. The fourth-order valence-electron chi connectivity index (χ4n) is 4.82. The van der Waals surface area contributed by atoms with Gasteiger partial charge in [-0.1, -0.05) is 6.07 Å². The zero-order valence-electron chi connectivity index (χ0n) is 15.0. The van der Waals surface area contributed by atoms with Crippen molar-refractivity contribution in [2.75, 3.05) is 20.8 Å². The van der Waals surface area contributed by atoms with Gasteiger partial charge in [0.25, 0.3) is 0 Å². The number of fused-ring (bicyclic) bond motifs is 1. The van der Waals surface area contributed by atoms with Gasteiger partial charge in [0.05, 0.1) is 13.2 Å². The average Bonchev–Trinajstić information content (AvgIpc) is 2.93. The van der Waals surface area contributed by atoms with Crippen LogP contribution in [-0.4, -0.2) is 31.8 Å². The highest BCUT2D eigenvalue weighted by molar-refractivity contribution is 5.43. The molecule has 3 unspecified atom stereocenters. The third kappa shape index (κ3) is 3.05. The lowest BCUT2D eigenvalue weighted by Gasteiger charge is -2.42. The maximum absolute atomic E-state index is 6.04. The molecular weight excluding hydrogens is 312 g/mol. The number of methoxy groups -OCH3 is 2. The predicted octanol–water partition coefficient (Wildman–Crippen LogP) is 3.31. The highest BCUT2D eigenvalue weighted by atomic mass is 16.5. The highest BCUT2D eigenvalue weighted by Gasteiger charge is 2.49. The summed E-state index contributed by atoms with van der Waals surface area (Å²) in [6.45, 7) is 1.04. The number of hydrogen-bond acceptors (Lipinski definition) is 4. The van der Waals surface area contributed by atoms with Crippen LogP contribution in [0.3, 0.4) is 0 Å². The maximum atomic E-state index is 6.04. The fourth-order valence-corrected chi connectivity index (χ4v) is 4.82. The summed E-state index contributed by atoms with van der Waals surface area (Å²) >= 11 is 0. The van der Waals surface area contributed by atoms with E-state index < -0.39 is 0 Å². The standard InChI is InChI=1S/C21H26N2O2/c1-24-18-4-3-16-13-21(20(25-2)19(16)12-18)7-10-23-17(14-21)11-15-5-8-22-9-6-15/h3-6,8-9,12,17,20,23H,7,10-11,13-14H2,1-2H3. The van der Waals surface area contributed by atoms with Crippen LogP contribution in [0.2, 0.25) is 0 Å². The van der Waals surface area contributed by atoms with E-state index in [1.165, 1.54) is 16.7 Å². The van der Waals surface area contributed by atoms with Crippen LogP contribution >= 0.6 is 0 Å². The van der Waals surface area contributed by atoms with Crippen molar-refractivity contribution in [3.8, 4) is 5.75 Å². The molecule has 4 heteroatoms. The fraction of sp³-hybridized carbons (Fsp3) is 0.476. The highest BCUT2D eigenvalue weighted by Crippen LogP contribution is 2.54. The van der Waals surface area contributed by atoms with Crippen LogP contribution in [-0.2, 0) is 17.6 Å². The molecule has 1 saturated heterocycles. The number of piperidine rings is 1. The molecule has 4 rings (SSSR count). The molecule has 1 fully saturated rings. The zero-order valence-corrected chi connectivity index (χ0v) is 15.0. The van der Waals surface area contributed by atoms with Crippen LogP contribution in [0.1, 0.15) is 35.6 Å². The van der Waals surface area contributed by atoms with E-state index in [-0.39, 0.29) is 11.5 Å². The molecule has 132 valence electrons. The van der Waals surface area contributed by atoms with Crippen molar-refractivity contribution >= 4 is 0 Å². The summed E-state index contributed by atoms with van der Waals surface area (Å²) in [6, 6.07) is 11.2. The molecule has 1 aliphatic carbocycles. The second-order valence-electron chi connectivity index (χ2n) is 7.38. The zero-order chi connectivity index (χ0) is 17.3. The number of aromatic nitrogens is 1. The van der Waals surface area contributed by atoms with Crippen LogP contribution in [0, 0.1) is 5.41 Å². The molecule has 0 bridgehead atoms. The van der Waals surface area contributed by atoms with Gasteiger partial charge in [0.1, 0.15) is 5.75 Å². The van der Waals surface area contributed by atoms with Crippen LogP contribution in [0.25, 0.3) is 0 Å². The lowest BCUT2D eigenvalue weighted by Crippen LogP contribution is -2.47. The van der Waals surface area contributed by atoms with Crippen molar-refractivity contribution in [3.05, 3.63) is 59.4 Å². The van der Waals surface area contributed by atoms with Crippen LogP contribution < -0.4 is 10.1 Å². The Labute approximate surface area is 149 Å². The minimum absolute atomic E-state index is 0.152. The Morgan fingerprint density at radius 1 is 1.20 bits per heavy atom. The number of nitrogens with one attached hydrogen (secondary N) is 1. The molecule has 1 spiro atoms. The van der Waals surface area contributed by atoms with Crippen molar-refractivity contribution < 1.29 is 9.47 Å². The van der Waals surface area contributed by atoms with Gasteiger partial charge in [-0.05, 0) is 73.2 Å². The minimum atomic E-state index is 0.152. The van der Waals surface area contributed by atoms with E-state index in [0.29, 0.717) is 6.04 Å². The van der Waals surface area contributed by atoms with E-state index in [1.54, 1.807) is 7.11 Å². The van der Waals surface area contributed by atoms with Gasteiger partial charge >= 0.3 is 0 Å². The van der Waals surface area contributed by atoms with Crippen LogP contribution in [0.4, 0.5) is 0 Å². The van der Waals surface area contributed by atoms with Gasteiger partial charge in [-0.3, -0.25) is 4.98 Å². The van der Waals surface area contributed by atoms with Gasteiger partial charge in [0.2, 0.25) is 0 Å². The molecule has 0 saturated carbocycles. The molecule has 1 N–H and O–H groups in total. The van der Waals surface area contributed by atoms with Gasteiger partial charge in [0, 0.05) is 31.0 Å². The molecule has 0 radical (unpaired) electrons. The van der Waals surface area contributed by atoms with Gasteiger partial charge in [-0.15, -0.1) is 0 Å². The summed E-state index contributed by atoms with van der Waals surface area (Å²) in [7, 11) is 3.57.